The van der Waals surface area contributed by atoms with Crippen molar-refractivity contribution in [2.24, 2.45) is 5.11 Å². The fourth-order valence-electron chi connectivity index (χ4n) is 4.68. The summed E-state index contributed by atoms with van der Waals surface area (Å²) in [5, 5.41) is 7.48. The van der Waals surface area contributed by atoms with Gasteiger partial charge in [0, 0.05) is 75.2 Å². The van der Waals surface area contributed by atoms with E-state index in [2.05, 4.69) is 39.0 Å². The number of rotatable bonds is 4. The highest BCUT2D eigenvalue weighted by Gasteiger charge is 2.29. The lowest BCUT2D eigenvalue weighted by Crippen LogP contribution is -2.50. The predicted molar refractivity (Wildman–Crippen MR) is 128 cm³/mol. The SMILES string of the molecule is Cc1c(CN2CCNCC2)c(C)c(N2CCN(C(=O)OC(C)(C)C)CC2)c(C)c1N=[N+]=[N-]. The first-order chi connectivity index (χ1) is 15.1. The van der Waals surface area contributed by atoms with Gasteiger partial charge in [0.25, 0.3) is 0 Å². The van der Waals surface area contributed by atoms with Gasteiger partial charge in [-0.2, -0.15) is 0 Å². The van der Waals surface area contributed by atoms with Gasteiger partial charge in [-0.05, 0) is 69.3 Å². The molecule has 32 heavy (non-hydrogen) atoms. The van der Waals surface area contributed by atoms with Crippen LogP contribution in [0.25, 0.3) is 10.4 Å². The Morgan fingerprint density at radius 3 is 2.22 bits per heavy atom. The van der Waals surface area contributed by atoms with E-state index >= 15 is 0 Å². The summed E-state index contributed by atoms with van der Waals surface area (Å²) in [5.41, 5.74) is 15.1. The number of nitrogens with one attached hydrogen (secondary N) is 1. The van der Waals surface area contributed by atoms with Crippen LogP contribution in [0.3, 0.4) is 0 Å². The molecule has 0 unspecified atom stereocenters. The smallest absolute Gasteiger partial charge is 0.410 e. The quantitative estimate of drug-likeness (QED) is 0.431. The maximum absolute atomic E-state index is 12.5. The molecule has 0 radical (unpaired) electrons. The molecule has 0 spiro atoms. The zero-order chi connectivity index (χ0) is 23.5. The Labute approximate surface area is 191 Å². The van der Waals surface area contributed by atoms with Crippen LogP contribution >= 0.6 is 0 Å². The molecule has 3 rings (SSSR count). The molecule has 2 aliphatic heterocycles. The maximum Gasteiger partial charge on any atom is 0.410 e. The second kappa shape index (κ2) is 9.98. The standard InChI is InChI=1S/C23H37N7O2/c1-16-19(15-28-9-7-25-8-10-28)17(2)21(18(3)20(16)26-27-24)29-11-13-30(14-12-29)22(31)32-23(4,5)6/h25H,7-15H2,1-6H3. The van der Waals surface area contributed by atoms with Crippen molar-refractivity contribution in [3.8, 4) is 0 Å². The Morgan fingerprint density at radius 2 is 1.66 bits per heavy atom. The summed E-state index contributed by atoms with van der Waals surface area (Å²) in [4.78, 5) is 22.1. The normalized spacial score (nSPS) is 17.8. The molecule has 2 aliphatic rings. The molecule has 9 nitrogen and oxygen atoms in total. The molecule has 176 valence electrons. The first-order valence-corrected chi connectivity index (χ1v) is 11.5. The Bertz CT molecular complexity index is 889. The molecule has 1 N–H and O–H groups in total. The first-order valence-electron chi connectivity index (χ1n) is 11.5. The summed E-state index contributed by atoms with van der Waals surface area (Å²) in [6.45, 7) is 19.4. The average molecular weight is 444 g/mol. The summed E-state index contributed by atoms with van der Waals surface area (Å²) in [6.07, 6.45) is -0.260. The van der Waals surface area contributed by atoms with Crippen LogP contribution < -0.4 is 10.2 Å². The Hall–Kier alpha value is -2.48. The van der Waals surface area contributed by atoms with Gasteiger partial charge in [-0.1, -0.05) is 5.11 Å². The minimum absolute atomic E-state index is 0.260. The summed E-state index contributed by atoms with van der Waals surface area (Å²) in [6, 6.07) is 0. The van der Waals surface area contributed by atoms with Crippen molar-refractivity contribution < 1.29 is 9.53 Å². The summed E-state index contributed by atoms with van der Waals surface area (Å²) >= 11 is 0. The fourth-order valence-corrected chi connectivity index (χ4v) is 4.68. The van der Waals surface area contributed by atoms with Gasteiger partial charge in [0.15, 0.2) is 0 Å². The number of anilines is 1. The largest absolute Gasteiger partial charge is 0.444 e. The molecule has 0 aliphatic carbocycles. The van der Waals surface area contributed by atoms with Crippen LogP contribution in [0, 0.1) is 20.8 Å². The molecule has 2 fully saturated rings. The number of piperazine rings is 2. The molecule has 2 heterocycles. The van der Waals surface area contributed by atoms with E-state index in [9.17, 15) is 10.3 Å². The monoisotopic (exact) mass is 443 g/mol. The van der Waals surface area contributed by atoms with Crippen molar-refractivity contribution in [1.82, 2.24) is 15.1 Å². The highest BCUT2D eigenvalue weighted by Crippen LogP contribution is 2.39. The molecule has 1 aromatic rings. The number of ether oxygens (including phenoxy) is 1. The third-order valence-corrected chi connectivity index (χ3v) is 6.31. The molecule has 0 aromatic heterocycles. The van der Waals surface area contributed by atoms with Crippen LogP contribution in [0.5, 0.6) is 0 Å². The Morgan fingerprint density at radius 1 is 1.03 bits per heavy atom. The van der Waals surface area contributed by atoms with Gasteiger partial charge < -0.3 is 19.9 Å². The van der Waals surface area contributed by atoms with Crippen LogP contribution in [-0.2, 0) is 11.3 Å². The minimum Gasteiger partial charge on any atom is -0.444 e. The molecular weight excluding hydrogens is 406 g/mol. The highest BCUT2D eigenvalue weighted by atomic mass is 16.6. The predicted octanol–water partition coefficient (Wildman–Crippen LogP) is 4.02. The molecule has 1 amide bonds. The van der Waals surface area contributed by atoms with Gasteiger partial charge in [-0.3, -0.25) is 4.90 Å². The van der Waals surface area contributed by atoms with Gasteiger partial charge in [-0.25, -0.2) is 4.79 Å². The molecule has 0 atom stereocenters. The molecular formula is C23H37N7O2. The number of nitrogens with zero attached hydrogens (tertiary/aromatic N) is 6. The second-order valence-electron chi connectivity index (χ2n) is 9.72. The zero-order valence-electron chi connectivity index (χ0n) is 20.4. The van der Waals surface area contributed by atoms with Gasteiger partial charge >= 0.3 is 6.09 Å². The molecule has 0 bridgehead atoms. The van der Waals surface area contributed by atoms with E-state index in [0.29, 0.717) is 26.2 Å². The van der Waals surface area contributed by atoms with Crippen molar-refractivity contribution in [1.29, 1.82) is 0 Å². The molecule has 1 aromatic carbocycles. The minimum atomic E-state index is -0.499. The van der Waals surface area contributed by atoms with Gasteiger partial charge in [0.05, 0.1) is 0 Å². The van der Waals surface area contributed by atoms with Crippen molar-refractivity contribution >= 4 is 17.5 Å². The number of amides is 1. The third kappa shape index (κ3) is 5.46. The van der Waals surface area contributed by atoms with Gasteiger partial charge in [0.2, 0.25) is 0 Å². The zero-order valence-corrected chi connectivity index (χ0v) is 20.4. The third-order valence-electron chi connectivity index (χ3n) is 6.31. The van der Waals surface area contributed by atoms with Crippen LogP contribution in [0.15, 0.2) is 5.11 Å². The van der Waals surface area contributed by atoms with Crippen LogP contribution in [0.2, 0.25) is 0 Å². The van der Waals surface area contributed by atoms with Gasteiger partial charge in [-0.15, -0.1) is 0 Å². The van der Waals surface area contributed by atoms with Crippen LogP contribution in [-0.4, -0.2) is 73.9 Å². The van der Waals surface area contributed by atoms with Gasteiger partial charge in [0.1, 0.15) is 5.60 Å². The fraction of sp³-hybridized carbons (Fsp3) is 0.696. The topological polar surface area (TPSA) is 96.8 Å². The van der Waals surface area contributed by atoms with E-state index in [0.717, 1.165) is 55.2 Å². The number of hydrogen-bond acceptors (Lipinski definition) is 6. The molecule has 2 saturated heterocycles. The number of hydrogen-bond donors (Lipinski definition) is 1. The van der Waals surface area contributed by atoms with Crippen LogP contribution in [0.1, 0.15) is 43.0 Å². The number of benzene rings is 1. The van der Waals surface area contributed by atoms with E-state index in [1.54, 1.807) is 4.90 Å². The van der Waals surface area contributed by atoms with E-state index in [4.69, 9.17) is 4.74 Å². The lowest BCUT2D eigenvalue weighted by atomic mass is 9.93. The van der Waals surface area contributed by atoms with Crippen molar-refractivity contribution in [2.45, 2.75) is 53.7 Å². The average Bonchev–Trinajstić information content (AvgIpc) is 2.74. The van der Waals surface area contributed by atoms with Crippen molar-refractivity contribution in [2.75, 3.05) is 57.3 Å². The summed E-state index contributed by atoms with van der Waals surface area (Å²) in [5.74, 6) is 0. The Kier molecular flexibility index (Phi) is 7.54. The molecule has 0 saturated carbocycles. The summed E-state index contributed by atoms with van der Waals surface area (Å²) < 4.78 is 5.54. The van der Waals surface area contributed by atoms with Crippen LogP contribution in [0.4, 0.5) is 16.2 Å². The van der Waals surface area contributed by atoms with E-state index in [1.165, 1.54) is 11.1 Å². The molecule has 9 heteroatoms. The maximum atomic E-state index is 12.5. The second-order valence-corrected chi connectivity index (χ2v) is 9.72. The Balaban J connectivity index is 1.87. The van der Waals surface area contributed by atoms with E-state index < -0.39 is 5.60 Å². The lowest BCUT2D eigenvalue weighted by Gasteiger charge is -2.39. The number of carbonyl (C=O) groups is 1. The first kappa shape index (κ1) is 24.2. The summed E-state index contributed by atoms with van der Waals surface area (Å²) in [7, 11) is 0. The lowest BCUT2D eigenvalue weighted by molar-refractivity contribution is 0.0240. The number of azide groups is 1. The van der Waals surface area contributed by atoms with E-state index in [-0.39, 0.29) is 6.09 Å². The number of carbonyl (C=O) groups excluding carboxylic acids is 1. The highest BCUT2D eigenvalue weighted by molar-refractivity contribution is 5.74. The van der Waals surface area contributed by atoms with Crippen molar-refractivity contribution in [3.05, 3.63) is 32.7 Å². The van der Waals surface area contributed by atoms with Crippen molar-refractivity contribution in [3.63, 3.8) is 0 Å². The van der Waals surface area contributed by atoms with E-state index in [1.807, 2.05) is 27.7 Å².